The van der Waals surface area contributed by atoms with Crippen molar-refractivity contribution < 1.29 is 19.8 Å². The summed E-state index contributed by atoms with van der Waals surface area (Å²) in [7, 11) is 1.99. The fourth-order valence-corrected chi connectivity index (χ4v) is 1.74. The van der Waals surface area contributed by atoms with Gasteiger partial charge in [-0.2, -0.15) is 0 Å². The minimum atomic E-state index is -1.42. The summed E-state index contributed by atoms with van der Waals surface area (Å²) < 4.78 is 0. The number of nitrogens with one attached hydrogen (secondary N) is 2. The fourth-order valence-electron chi connectivity index (χ4n) is 1.74. The van der Waals surface area contributed by atoms with Crippen molar-refractivity contribution in [3.63, 3.8) is 0 Å². The fraction of sp³-hybridized carbons (Fsp3) is 0.800. The predicted octanol–water partition coefficient (Wildman–Crippen LogP) is -1.17. The zero-order valence-corrected chi connectivity index (χ0v) is 9.85. The highest BCUT2D eigenvalue weighted by molar-refractivity contribution is 5.74. The second-order valence-corrected chi connectivity index (χ2v) is 4.29. The molecular formula is C10H19N3O4. The molecule has 7 heteroatoms. The van der Waals surface area contributed by atoms with Gasteiger partial charge in [0.05, 0.1) is 0 Å². The molecule has 0 aromatic heterocycles. The van der Waals surface area contributed by atoms with Gasteiger partial charge in [0, 0.05) is 25.6 Å². The van der Waals surface area contributed by atoms with E-state index in [1.807, 2.05) is 7.05 Å². The van der Waals surface area contributed by atoms with Crippen molar-refractivity contribution in [1.82, 2.24) is 15.5 Å². The third-order valence-corrected chi connectivity index (χ3v) is 2.71. The van der Waals surface area contributed by atoms with E-state index in [4.69, 9.17) is 10.2 Å². The SMILES string of the molecule is CN1CCC(NC(=O)NCCC(O)C(=O)O)C1. The van der Waals surface area contributed by atoms with Crippen LogP contribution in [-0.2, 0) is 4.79 Å². The first-order chi connectivity index (χ1) is 7.99. The minimum absolute atomic E-state index is 0.00726. The molecule has 1 aliphatic heterocycles. The minimum Gasteiger partial charge on any atom is -0.479 e. The van der Waals surface area contributed by atoms with Gasteiger partial charge in [-0.1, -0.05) is 0 Å². The molecule has 4 N–H and O–H groups in total. The number of urea groups is 1. The quantitative estimate of drug-likeness (QED) is 0.488. The molecule has 2 atom stereocenters. The number of hydrogen-bond donors (Lipinski definition) is 4. The number of hydrogen-bond acceptors (Lipinski definition) is 4. The highest BCUT2D eigenvalue weighted by atomic mass is 16.4. The number of amides is 2. The number of carbonyl (C=O) groups excluding carboxylic acids is 1. The van der Waals surface area contributed by atoms with Crippen LogP contribution in [0.2, 0.25) is 0 Å². The van der Waals surface area contributed by atoms with Crippen LogP contribution in [0.3, 0.4) is 0 Å². The molecule has 1 aliphatic rings. The molecule has 0 bridgehead atoms. The Morgan fingerprint density at radius 2 is 2.24 bits per heavy atom. The van der Waals surface area contributed by atoms with E-state index >= 15 is 0 Å². The number of nitrogens with zero attached hydrogens (tertiary/aromatic N) is 1. The molecule has 2 unspecified atom stereocenters. The number of carbonyl (C=O) groups is 2. The largest absolute Gasteiger partial charge is 0.479 e. The Bertz CT molecular complexity index is 285. The maximum absolute atomic E-state index is 11.4. The van der Waals surface area contributed by atoms with E-state index in [0.29, 0.717) is 0 Å². The highest BCUT2D eigenvalue weighted by Gasteiger charge is 2.21. The lowest BCUT2D eigenvalue weighted by Gasteiger charge is -2.14. The Kier molecular flexibility index (Phi) is 5.17. The van der Waals surface area contributed by atoms with Gasteiger partial charge in [0.1, 0.15) is 0 Å². The monoisotopic (exact) mass is 245 g/mol. The van der Waals surface area contributed by atoms with E-state index in [-0.39, 0.29) is 25.0 Å². The highest BCUT2D eigenvalue weighted by Crippen LogP contribution is 2.05. The van der Waals surface area contributed by atoms with Crippen LogP contribution in [0.25, 0.3) is 0 Å². The standard InChI is InChI=1S/C10H19N3O4/c1-13-5-3-7(6-13)12-10(17)11-4-2-8(14)9(15)16/h7-8,14H,2-6H2,1H3,(H,15,16)(H2,11,12,17). The summed E-state index contributed by atoms with van der Waals surface area (Å²) in [5.74, 6) is -1.27. The van der Waals surface area contributed by atoms with Crippen molar-refractivity contribution >= 4 is 12.0 Å². The molecule has 1 saturated heterocycles. The van der Waals surface area contributed by atoms with Gasteiger partial charge in [0.15, 0.2) is 6.10 Å². The van der Waals surface area contributed by atoms with Crippen LogP contribution < -0.4 is 10.6 Å². The number of aliphatic hydroxyl groups excluding tert-OH is 1. The Labute approximate surface area is 99.8 Å². The molecule has 98 valence electrons. The Morgan fingerprint density at radius 3 is 2.76 bits per heavy atom. The van der Waals surface area contributed by atoms with Gasteiger partial charge in [-0.25, -0.2) is 9.59 Å². The van der Waals surface area contributed by atoms with Gasteiger partial charge < -0.3 is 25.7 Å². The maximum atomic E-state index is 11.4. The second-order valence-electron chi connectivity index (χ2n) is 4.29. The Morgan fingerprint density at radius 1 is 1.53 bits per heavy atom. The maximum Gasteiger partial charge on any atom is 0.332 e. The van der Waals surface area contributed by atoms with Gasteiger partial charge in [-0.15, -0.1) is 0 Å². The molecule has 0 aromatic rings. The van der Waals surface area contributed by atoms with E-state index in [1.165, 1.54) is 0 Å². The van der Waals surface area contributed by atoms with Crippen molar-refractivity contribution in [3.05, 3.63) is 0 Å². The lowest BCUT2D eigenvalue weighted by atomic mass is 10.2. The van der Waals surface area contributed by atoms with Crippen LogP contribution >= 0.6 is 0 Å². The van der Waals surface area contributed by atoms with Gasteiger partial charge >= 0.3 is 12.0 Å². The molecule has 7 nitrogen and oxygen atoms in total. The molecule has 0 radical (unpaired) electrons. The number of aliphatic carboxylic acids is 1. The normalized spacial score (nSPS) is 22.1. The van der Waals surface area contributed by atoms with Crippen molar-refractivity contribution in [3.8, 4) is 0 Å². The third-order valence-electron chi connectivity index (χ3n) is 2.71. The van der Waals surface area contributed by atoms with Crippen LogP contribution in [0.1, 0.15) is 12.8 Å². The summed E-state index contributed by atoms with van der Waals surface area (Å²) in [5.41, 5.74) is 0. The van der Waals surface area contributed by atoms with E-state index in [0.717, 1.165) is 19.5 Å². The summed E-state index contributed by atoms with van der Waals surface area (Å²) in [6.45, 7) is 1.93. The molecule has 1 rings (SSSR count). The van der Waals surface area contributed by atoms with Crippen LogP contribution in [0.4, 0.5) is 4.79 Å². The van der Waals surface area contributed by atoms with E-state index in [9.17, 15) is 9.59 Å². The molecule has 1 heterocycles. The molecule has 0 saturated carbocycles. The molecule has 1 fully saturated rings. The summed E-state index contributed by atoms with van der Waals surface area (Å²) in [4.78, 5) is 23.8. The number of aliphatic hydroxyl groups is 1. The van der Waals surface area contributed by atoms with Gasteiger partial charge in [0.2, 0.25) is 0 Å². The molecular weight excluding hydrogens is 226 g/mol. The van der Waals surface area contributed by atoms with Gasteiger partial charge in [-0.05, 0) is 20.0 Å². The molecule has 2 amide bonds. The summed E-state index contributed by atoms with van der Waals surface area (Å²) in [6, 6.07) is -0.174. The number of likely N-dealkylation sites (N-methyl/N-ethyl adjacent to an activating group) is 1. The first-order valence-electron chi connectivity index (χ1n) is 5.63. The molecule has 0 spiro atoms. The van der Waals surface area contributed by atoms with Gasteiger partial charge in [-0.3, -0.25) is 0 Å². The Hall–Kier alpha value is -1.34. The first kappa shape index (κ1) is 13.7. The smallest absolute Gasteiger partial charge is 0.332 e. The number of carboxylic acid groups (broad SMARTS) is 1. The van der Waals surface area contributed by atoms with Crippen molar-refractivity contribution in [1.29, 1.82) is 0 Å². The number of rotatable bonds is 5. The van der Waals surface area contributed by atoms with Crippen molar-refractivity contribution in [2.24, 2.45) is 0 Å². The van der Waals surface area contributed by atoms with Crippen LogP contribution in [0, 0.1) is 0 Å². The summed E-state index contributed by atoms with van der Waals surface area (Å²) >= 11 is 0. The molecule has 17 heavy (non-hydrogen) atoms. The number of carboxylic acids is 1. The topological polar surface area (TPSA) is 102 Å². The average Bonchev–Trinajstić information content (AvgIpc) is 2.63. The first-order valence-corrected chi connectivity index (χ1v) is 5.63. The van der Waals surface area contributed by atoms with Gasteiger partial charge in [0.25, 0.3) is 0 Å². The lowest BCUT2D eigenvalue weighted by molar-refractivity contribution is -0.146. The molecule has 0 aromatic carbocycles. The second kappa shape index (κ2) is 6.41. The zero-order chi connectivity index (χ0) is 12.8. The van der Waals surface area contributed by atoms with Crippen LogP contribution in [-0.4, -0.2) is 65.9 Å². The van der Waals surface area contributed by atoms with E-state index < -0.39 is 12.1 Å². The lowest BCUT2D eigenvalue weighted by Crippen LogP contribution is -2.44. The van der Waals surface area contributed by atoms with Crippen LogP contribution in [0.15, 0.2) is 0 Å². The average molecular weight is 245 g/mol. The number of likely N-dealkylation sites (tertiary alicyclic amines) is 1. The molecule has 0 aliphatic carbocycles. The van der Waals surface area contributed by atoms with E-state index in [1.54, 1.807) is 0 Å². The van der Waals surface area contributed by atoms with Crippen molar-refractivity contribution in [2.75, 3.05) is 26.7 Å². The third kappa shape index (κ3) is 5.01. The van der Waals surface area contributed by atoms with Crippen LogP contribution in [0.5, 0.6) is 0 Å². The summed E-state index contributed by atoms with van der Waals surface area (Å²) in [5, 5.41) is 22.7. The summed E-state index contributed by atoms with van der Waals surface area (Å²) in [6.07, 6.45) is -0.498. The van der Waals surface area contributed by atoms with Crippen molar-refractivity contribution in [2.45, 2.75) is 25.0 Å². The predicted molar refractivity (Wildman–Crippen MR) is 60.7 cm³/mol. The zero-order valence-electron chi connectivity index (χ0n) is 9.85. The van der Waals surface area contributed by atoms with E-state index in [2.05, 4.69) is 15.5 Å². The Balaban J connectivity index is 2.11.